The fourth-order valence-corrected chi connectivity index (χ4v) is 1.99. The molecule has 84 valence electrons. The van der Waals surface area contributed by atoms with Crippen LogP contribution in [0.1, 0.15) is 5.56 Å². The Labute approximate surface area is 102 Å². The highest BCUT2D eigenvalue weighted by Crippen LogP contribution is 2.22. The van der Waals surface area contributed by atoms with Crippen LogP contribution in [0.4, 0.5) is 0 Å². The van der Waals surface area contributed by atoms with Crippen molar-refractivity contribution >= 4 is 15.9 Å². The van der Waals surface area contributed by atoms with Crippen LogP contribution >= 0.6 is 15.9 Å². The number of nitrogens with zero attached hydrogens (tertiary/aromatic N) is 2. The Kier molecular flexibility index (Phi) is 3.26. The van der Waals surface area contributed by atoms with Gasteiger partial charge in [-0.1, -0.05) is 6.07 Å². The average molecular weight is 282 g/mol. The summed E-state index contributed by atoms with van der Waals surface area (Å²) < 4.78 is 7.83. The Hall–Kier alpha value is -1.33. The maximum Gasteiger partial charge on any atom is 0.121 e. The molecule has 0 aliphatic carbocycles. The van der Waals surface area contributed by atoms with Gasteiger partial charge in [0.05, 0.1) is 19.0 Å². The van der Waals surface area contributed by atoms with Crippen molar-refractivity contribution in [3.8, 4) is 11.4 Å². The molecule has 0 bridgehead atoms. The monoisotopic (exact) mass is 281 g/mol. The van der Waals surface area contributed by atoms with E-state index in [-0.39, 0.29) is 0 Å². The molecular formula is C11H12BrN3O. The SMILES string of the molecule is COc1cccc(-n2ncc(CN)c2Br)c1. The Morgan fingerprint density at radius 1 is 1.50 bits per heavy atom. The Morgan fingerprint density at radius 3 is 2.94 bits per heavy atom. The minimum atomic E-state index is 0.463. The van der Waals surface area contributed by atoms with Crippen molar-refractivity contribution < 1.29 is 4.74 Å². The van der Waals surface area contributed by atoms with Crippen LogP contribution in [0.2, 0.25) is 0 Å². The lowest BCUT2D eigenvalue weighted by atomic mass is 10.3. The molecule has 0 atom stereocenters. The first-order chi connectivity index (χ1) is 7.76. The van der Waals surface area contributed by atoms with Crippen molar-refractivity contribution in [2.45, 2.75) is 6.54 Å². The summed E-state index contributed by atoms with van der Waals surface area (Å²) in [6.45, 7) is 0.463. The predicted octanol–water partition coefficient (Wildman–Crippen LogP) is 2.10. The van der Waals surface area contributed by atoms with Gasteiger partial charge in [0, 0.05) is 18.2 Å². The molecule has 0 unspecified atom stereocenters. The Morgan fingerprint density at radius 2 is 2.31 bits per heavy atom. The highest BCUT2D eigenvalue weighted by atomic mass is 79.9. The predicted molar refractivity (Wildman–Crippen MR) is 65.7 cm³/mol. The molecule has 5 heteroatoms. The number of methoxy groups -OCH3 is 1. The van der Waals surface area contributed by atoms with Gasteiger partial charge in [-0.3, -0.25) is 0 Å². The molecule has 0 saturated heterocycles. The fourth-order valence-electron chi connectivity index (χ4n) is 1.43. The topological polar surface area (TPSA) is 53.1 Å². The standard InChI is InChI=1S/C11H12BrN3O/c1-16-10-4-2-3-9(5-10)15-11(12)8(6-13)7-14-15/h2-5,7H,6,13H2,1H3. The van der Waals surface area contributed by atoms with Gasteiger partial charge in [0.15, 0.2) is 0 Å². The maximum atomic E-state index is 5.59. The zero-order chi connectivity index (χ0) is 11.5. The van der Waals surface area contributed by atoms with Gasteiger partial charge in [0.1, 0.15) is 10.4 Å². The second-order valence-corrected chi connectivity index (χ2v) is 4.03. The number of nitrogens with two attached hydrogens (primary N) is 1. The van der Waals surface area contributed by atoms with Gasteiger partial charge in [-0.25, -0.2) is 4.68 Å². The normalized spacial score (nSPS) is 10.4. The van der Waals surface area contributed by atoms with Crippen molar-refractivity contribution in [2.24, 2.45) is 5.73 Å². The molecule has 1 aromatic carbocycles. The molecule has 0 aliphatic heterocycles. The van der Waals surface area contributed by atoms with Crippen LogP contribution in [-0.4, -0.2) is 16.9 Å². The van der Waals surface area contributed by atoms with E-state index in [9.17, 15) is 0 Å². The lowest BCUT2D eigenvalue weighted by molar-refractivity contribution is 0.414. The number of ether oxygens (including phenoxy) is 1. The van der Waals surface area contributed by atoms with Gasteiger partial charge in [-0.05, 0) is 28.1 Å². The van der Waals surface area contributed by atoms with E-state index in [1.165, 1.54) is 0 Å². The van der Waals surface area contributed by atoms with Crippen molar-refractivity contribution in [3.63, 3.8) is 0 Å². The van der Waals surface area contributed by atoms with Gasteiger partial charge in [0.2, 0.25) is 0 Å². The van der Waals surface area contributed by atoms with Gasteiger partial charge in [-0.2, -0.15) is 5.10 Å². The molecule has 0 fully saturated rings. The summed E-state index contributed by atoms with van der Waals surface area (Å²) >= 11 is 3.47. The van der Waals surface area contributed by atoms with Crippen molar-refractivity contribution in [2.75, 3.05) is 7.11 Å². The molecule has 4 nitrogen and oxygen atoms in total. The smallest absolute Gasteiger partial charge is 0.121 e. The van der Waals surface area contributed by atoms with E-state index in [1.807, 2.05) is 24.3 Å². The zero-order valence-corrected chi connectivity index (χ0v) is 10.4. The summed E-state index contributed by atoms with van der Waals surface area (Å²) in [6, 6.07) is 7.69. The fraction of sp³-hybridized carbons (Fsp3) is 0.182. The third-order valence-electron chi connectivity index (χ3n) is 2.30. The molecule has 0 radical (unpaired) electrons. The number of hydrogen-bond donors (Lipinski definition) is 1. The molecule has 0 spiro atoms. The first kappa shape index (κ1) is 11.2. The van der Waals surface area contributed by atoms with Crippen molar-refractivity contribution in [3.05, 3.63) is 40.6 Å². The minimum absolute atomic E-state index is 0.463. The quantitative estimate of drug-likeness (QED) is 0.938. The third-order valence-corrected chi connectivity index (χ3v) is 3.14. The summed E-state index contributed by atoms with van der Waals surface area (Å²) in [5.41, 5.74) is 7.50. The van der Waals surface area contributed by atoms with Crippen LogP contribution in [0.25, 0.3) is 5.69 Å². The van der Waals surface area contributed by atoms with Gasteiger partial charge in [0.25, 0.3) is 0 Å². The summed E-state index contributed by atoms with van der Waals surface area (Å²) in [7, 11) is 1.64. The lowest BCUT2D eigenvalue weighted by Gasteiger charge is -2.06. The molecule has 2 aromatic rings. The van der Waals surface area contributed by atoms with Crippen LogP contribution in [0.3, 0.4) is 0 Å². The third kappa shape index (κ3) is 1.96. The van der Waals surface area contributed by atoms with Gasteiger partial charge < -0.3 is 10.5 Å². The Bertz CT molecular complexity index is 496. The summed E-state index contributed by atoms with van der Waals surface area (Å²) in [6.07, 6.45) is 1.75. The number of rotatable bonds is 3. The first-order valence-electron chi connectivity index (χ1n) is 4.83. The lowest BCUT2D eigenvalue weighted by Crippen LogP contribution is -1.99. The number of benzene rings is 1. The van der Waals surface area contributed by atoms with E-state index >= 15 is 0 Å². The molecule has 1 aromatic heterocycles. The van der Waals surface area contributed by atoms with E-state index in [2.05, 4.69) is 21.0 Å². The van der Waals surface area contributed by atoms with Gasteiger partial charge >= 0.3 is 0 Å². The minimum Gasteiger partial charge on any atom is -0.497 e. The molecule has 0 aliphatic rings. The van der Waals surface area contributed by atoms with E-state index in [0.29, 0.717) is 6.54 Å². The molecule has 0 amide bonds. The average Bonchev–Trinajstić information content (AvgIpc) is 2.70. The van der Waals surface area contributed by atoms with Crippen LogP contribution in [0.15, 0.2) is 35.1 Å². The molecule has 2 N–H and O–H groups in total. The van der Waals surface area contributed by atoms with Crippen LogP contribution in [0, 0.1) is 0 Å². The van der Waals surface area contributed by atoms with Crippen LogP contribution in [0.5, 0.6) is 5.75 Å². The zero-order valence-electron chi connectivity index (χ0n) is 8.85. The van der Waals surface area contributed by atoms with E-state index < -0.39 is 0 Å². The largest absolute Gasteiger partial charge is 0.497 e. The molecule has 0 saturated carbocycles. The summed E-state index contributed by atoms with van der Waals surface area (Å²) in [4.78, 5) is 0. The second-order valence-electron chi connectivity index (χ2n) is 3.28. The van der Waals surface area contributed by atoms with Gasteiger partial charge in [-0.15, -0.1) is 0 Å². The Balaban J connectivity index is 2.45. The maximum absolute atomic E-state index is 5.59. The van der Waals surface area contributed by atoms with E-state index in [1.54, 1.807) is 18.0 Å². The van der Waals surface area contributed by atoms with E-state index in [0.717, 1.165) is 21.6 Å². The molecule has 1 heterocycles. The highest BCUT2D eigenvalue weighted by Gasteiger charge is 2.08. The first-order valence-corrected chi connectivity index (χ1v) is 5.62. The van der Waals surface area contributed by atoms with Crippen molar-refractivity contribution in [1.82, 2.24) is 9.78 Å². The van der Waals surface area contributed by atoms with Crippen LogP contribution in [-0.2, 0) is 6.54 Å². The second kappa shape index (κ2) is 4.67. The van der Waals surface area contributed by atoms with E-state index in [4.69, 9.17) is 10.5 Å². The summed E-state index contributed by atoms with van der Waals surface area (Å²) in [5, 5.41) is 4.27. The molecule has 16 heavy (non-hydrogen) atoms. The molecule has 2 rings (SSSR count). The summed E-state index contributed by atoms with van der Waals surface area (Å²) in [5.74, 6) is 0.800. The highest BCUT2D eigenvalue weighted by molar-refractivity contribution is 9.10. The number of aromatic nitrogens is 2. The number of hydrogen-bond acceptors (Lipinski definition) is 3. The van der Waals surface area contributed by atoms with Crippen LogP contribution < -0.4 is 10.5 Å². The number of halogens is 1. The van der Waals surface area contributed by atoms with Crippen molar-refractivity contribution in [1.29, 1.82) is 0 Å². The molecular weight excluding hydrogens is 270 g/mol.